The van der Waals surface area contributed by atoms with E-state index in [9.17, 15) is 5.26 Å². The molecule has 0 aromatic heterocycles. The number of nitriles is 1. The van der Waals surface area contributed by atoms with E-state index in [1.807, 2.05) is 0 Å². The maximum Gasteiger partial charge on any atom is 0.106 e. The summed E-state index contributed by atoms with van der Waals surface area (Å²) >= 11 is 0. The Labute approximate surface area is 118 Å². The zero-order valence-corrected chi connectivity index (χ0v) is 12.6. The Hall–Kier alpha value is -0.590. The second-order valence-electron chi connectivity index (χ2n) is 6.49. The summed E-state index contributed by atoms with van der Waals surface area (Å²) in [5, 5.41) is 13.1. The maximum absolute atomic E-state index is 9.50. The van der Waals surface area contributed by atoms with Crippen LogP contribution in [0.4, 0.5) is 0 Å². The van der Waals surface area contributed by atoms with E-state index < -0.39 is 0 Å². The minimum absolute atomic E-state index is 0.266. The molecule has 0 amide bonds. The molecule has 0 aliphatic heterocycles. The molecule has 108 valence electrons. The topological polar surface area (TPSA) is 39.1 Å². The summed E-state index contributed by atoms with van der Waals surface area (Å²) in [6.45, 7) is 3.28. The van der Waals surface area contributed by atoms with Crippen molar-refractivity contribution in [2.45, 2.75) is 82.3 Å². The van der Waals surface area contributed by atoms with Gasteiger partial charge in [-0.15, -0.1) is 0 Å². The zero-order valence-electron chi connectivity index (χ0n) is 12.6. The smallest absolute Gasteiger partial charge is 0.106 e. The second kappa shape index (κ2) is 6.72. The SMILES string of the molecule is CCC(C#N)(CCCN(C)C1CCCC1)NC1CC1. The zero-order chi connectivity index (χ0) is 13.7. The molecule has 3 heteroatoms. The van der Waals surface area contributed by atoms with Gasteiger partial charge in [0.15, 0.2) is 0 Å². The summed E-state index contributed by atoms with van der Waals surface area (Å²) in [6.07, 6.45) is 11.1. The summed E-state index contributed by atoms with van der Waals surface area (Å²) in [7, 11) is 2.25. The summed E-state index contributed by atoms with van der Waals surface area (Å²) in [5.74, 6) is 0. The lowest BCUT2D eigenvalue weighted by Gasteiger charge is -2.29. The van der Waals surface area contributed by atoms with Crippen LogP contribution in [0.3, 0.4) is 0 Å². The highest BCUT2D eigenvalue weighted by molar-refractivity contribution is 5.09. The van der Waals surface area contributed by atoms with Crippen LogP contribution in [-0.2, 0) is 0 Å². The van der Waals surface area contributed by atoms with Crippen LogP contribution in [0, 0.1) is 11.3 Å². The lowest BCUT2D eigenvalue weighted by Crippen LogP contribution is -2.45. The van der Waals surface area contributed by atoms with Crippen molar-refractivity contribution in [2.75, 3.05) is 13.6 Å². The molecule has 2 saturated carbocycles. The summed E-state index contributed by atoms with van der Waals surface area (Å²) in [4.78, 5) is 2.52. The van der Waals surface area contributed by atoms with Gasteiger partial charge >= 0.3 is 0 Å². The highest BCUT2D eigenvalue weighted by atomic mass is 15.1. The second-order valence-corrected chi connectivity index (χ2v) is 6.49. The van der Waals surface area contributed by atoms with E-state index in [0.717, 1.165) is 31.8 Å². The monoisotopic (exact) mass is 263 g/mol. The molecule has 2 fully saturated rings. The van der Waals surface area contributed by atoms with E-state index in [2.05, 4.69) is 30.3 Å². The summed E-state index contributed by atoms with van der Waals surface area (Å²) < 4.78 is 0. The van der Waals surface area contributed by atoms with Crippen LogP contribution in [0.2, 0.25) is 0 Å². The molecule has 0 heterocycles. The molecule has 0 saturated heterocycles. The van der Waals surface area contributed by atoms with E-state index in [1.165, 1.54) is 38.5 Å². The van der Waals surface area contributed by atoms with Gasteiger partial charge in [-0.05, 0) is 58.5 Å². The first-order valence-corrected chi connectivity index (χ1v) is 8.08. The molecule has 19 heavy (non-hydrogen) atoms. The van der Waals surface area contributed by atoms with Crippen LogP contribution in [0.1, 0.15) is 64.7 Å². The van der Waals surface area contributed by atoms with E-state index in [1.54, 1.807) is 0 Å². The highest BCUT2D eigenvalue weighted by Gasteiger charge is 2.34. The molecule has 0 bridgehead atoms. The van der Waals surface area contributed by atoms with Crippen LogP contribution in [0.15, 0.2) is 0 Å². The fraction of sp³-hybridized carbons (Fsp3) is 0.938. The molecule has 1 N–H and O–H groups in total. The Morgan fingerprint density at radius 3 is 2.47 bits per heavy atom. The molecule has 2 aliphatic rings. The number of nitrogens with one attached hydrogen (secondary N) is 1. The van der Waals surface area contributed by atoms with Gasteiger partial charge in [-0.1, -0.05) is 19.8 Å². The maximum atomic E-state index is 9.50. The summed E-state index contributed by atoms with van der Waals surface area (Å²) in [5.41, 5.74) is -0.266. The average molecular weight is 263 g/mol. The third-order valence-electron chi connectivity index (χ3n) is 4.94. The van der Waals surface area contributed by atoms with Crippen LogP contribution < -0.4 is 5.32 Å². The first kappa shape index (κ1) is 14.8. The first-order chi connectivity index (χ1) is 9.19. The number of nitrogens with zero attached hydrogens (tertiary/aromatic N) is 2. The van der Waals surface area contributed by atoms with Crippen molar-refractivity contribution in [2.24, 2.45) is 0 Å². The largest absolute Gasteiger partial charge is 0.303 e. The minimum Gasteiger partial charge on any atom is -0.303 e. The van der Waals surface area contributed by atoms with E-state index in [-0.39, 0.29) is 5.54 Å². The van der Waals surface area contributed by atoms with Gasteiger partial charge in [-0.25, -0.2) is 0 Å². The molecular weight excluding hydrogens is 234 g/mol. The Kier molecular flexibility index (Phi) is 5.24. The number of rotatable bonds is 8. The Balaban J connectivity index is 1.73. The van der Waals surface area contributed by atoms with Gasteiger partial charge < -0.3 is 4.90 Å². The third kappa shape index (κ3) is 4.19. The molecule has 3 nitrogen and oxygen atoms in total. The van der Waals surface area contributed by atoms with Gasteiger partial charge in [0.25, 0.3) is 0 Å². The van der Waals surface area contributed by atoms with Crippen molar-refractivity contribution < 1.29 is 0 Å². The fourth-order valence-corrected chi connectivity index (χ4v) is 3.29. The molecule has 2 aliphatic carbocycles. The lowest BCUT2D eigenvalue weighted by molar-refractivity contribution is 0.229. The predicted octanol–water partition coefficient (Wildman–Crippen LogP) is 3.07. The van der Waals surface area contributed by atoms with Gasteiger partial charge in [0.1, 0.15) is 5.54 Å². The van der Waals surface area contributed by atoms with Crippen LogP contribution in [0.25, 0.3) is 0 Å². The summed E-state index contributed by atoms with van der Waals surface area (Å²) in [6, 6.07) is 3.97. The third-order valence-corrected chi connectivity index (χ3v) is 4.94. The van der Waals surface area contributed by atoms with Crippen LogP contribution in [-0.4, -0.2) is 36.1 Å². The van der Waals surface area contributed by atoms with Gasteiger partial charge in [0, 0.05) is 12.1 Å². The Bertz CT molecular complexity index is 312. The van der Waals surface area contributed by atoms with Crippen molar-refractivity contribution in [3.8, 4) is 6.07 Å². The number of hydrogen-bond donors (Lipinski definition) is 1. The van der Waals surface area contributed by atoms with Gasteiger partial charge in [-0.3, -0.25) is 5.32 Å². The lowest BCUT2D eigenvalue weighted by atomic mass is 9.91. The predicted molar refractivity (Wildman–Crippen MR) is 78.9 cm³/mol. The normalized spacial score (nSPS) is 23.5. The van der Waals surface area contributed by atoms with Crippen molar-refractivity contribution in [1.82, 2.24) is 10.2 Å². The van der Waals surface area contributed by atoms with Crippen LogP contribution in [0.5, 0.6) is 0 Å². The van der Waals surface area contributed by atoms with Crippen molar-refractivity contribution in [3.63, 3.8) is 0 Å². The van der Waals surface area contributed by atoms with Crippen molar-refractivity contribution in [3.05, 3.63) is 0 Å². The van der Waals surface area contributed by atoms with E-state index in [4.69, 9.17) is 0 Å². The van der Waals surface area contributed by atoms with Crippen LogP contribution >= 0.6 is 0 Å². The molecule has 0 aromatic rings. The van der Waals surface area contributed by atoms with Gasteiger partial charge in [0.05, 0.1) is 6.07 Å². The Morgan fingerprint density at radius 2 is 1.95 bits per heavy atom. The molecule has 0 spiro atoms. The van der Waals surface area contributed by atoms with Gasteiger partial charge in [0.2, 0.25) is 0 Å². The molecule has 2 rings (SSSR count). The fourth-order valence-electron chi connectivity index (χ4n) is 3.29. The molecule has 0 aromatic carbocycles. The standard InChI is InChI=1S/C16H29N3/c1-3-16(13-17,18-14-9-10-14)11-6-12-19(2)15-7-4-5-8-15/h14-15,18H,3-12H2,1-2H3. The molecule has 1 atom stereocenters. The molecule has 1 unspecified atom stereocenters. The van der Waals surface area contributed by atoms with E-state index >= 15 is 0 Å². The first-order valence-electron chi connectivity index (χ1n) is 8.08. The number of hydrogen-bond acceptors (Lipinski definition) is 3. The molecular formula is C16H29N3. The minimum atomic E-state index is -0.266. The Morgan fingerprint density at radius 1 is 1.26 bits per heavy atom. The quantitative estimate of drug-likeness (QED) is 0.731. The van der Waals surface area contributed by atoms with E-state index in [0.29, 0.717) is 6.04 Å². The van der Waals surface area contributed by atoms with Gasteiger partial charge in [-0.2, -0.15) is 5.26 Å². The van der Waals surface area contributed by atoms with Crippen molar-refractivity contribution in [1.29, 1.82) is 5.26 Å². The van der Waals surface area contributed by atoms with Crippen molar-refractivity contribution >= 4 is 0 Å². The average Bonchev–Trinajstić information content (AvgIpc) is 3.07. The highest BCUT2D eigenvalue weighted by Crippen LogP contribution is 2.27. The molecule has 0 radical (unpaired) electrons.